The summed E-state index contributed by atoms with van der Waals surface area (Å²) in [5.41, 5.74) is 0.920. The van der Waals surface area contributed by atoms with Crippen LogP contribution >= 0.6 is 11.3 Å². The minimum absolute atomic E-state index is 0. The smallest absolute Gasteiger partial charge is 0.270 e. The predicted octanol–water partition coefficient (Wildman–Crippen LogP) is 4.87. The average Bonchev–Trinajstić information content (AvgIpc) is 3.34. The fourth-order valence-corrected chi connectivity index (χ4v) is 5.71. The molecule has 0 aliphatic rings. The Morgan fingerprint density at radius 3 is 2.34 bits per heavy atom. The molecule has 0 fully saturated rings. The van der Waals surface area contributed by atoms with Crippen molar-refractivity contribution in [1.29, 1.82) is 0 Å². The Morgan fingerprint density at radius 2 is 1.74 bits per heavy atom. The molecule has 0 N–H and O–H groups in total. The third-order valence-corrected chi connectivity index (χ3v) is 7.92. The summed E-state index contributed by atoms with van der Waals surface area (Å²) in [5.74, 6) is 0.710. The van der Waals surface area contributed by atoms with E-state index in [0.717, 1.165) is 11.3 Å². The number of nitro benzene ring substituents is 1. The third kappa shape index (κ3) is 6.08. The van der Waals surface area contributed by atoms with Gasteiger partial charge in [-0.1, -0.05) is 33.4 Å². The molecular formula is C23H30N4O6S2. The highest BCUT2D eigenvalue weighted by molar-refractivity contribution is 7.93. The molecule has 1 heterocycles. The van der Waals surface area contributed by atoms with Crippen LogP contribution in [0.25, 0.3) is 11.3 Å². The molecule has 190 valence electrons. The maximum Gasteiger partial charge on any atom is 0.270 e. The molecule has 12 heteroatoms. The summed E-state index contributed by atoms with van der Waals surface area (Å²) in [7, 11) is -1.11. The number of anilines is 1. The first kappa shape index (κ1) is 28.0. The quantitative estimate of drug-likeness (QED) is 0.199. The van der Waals surface area contributed by atoms with Crippen LogP contribution in [0.5, 0.6) is 11.5 Å². The Hall–Kier alpha value is -3.22. The van der Waals surface area contributed by atoms with Gasteiger partial charge in [0.15, 0.2) is 11.5 Å². The number of thiazole rings is 1. The van der Waals surface area contributed by atoms with Crippen molar-refractivity contribution in [3.63, 3.8) is 0 Å². The molecular weight excluding hydrogens is 492 g/mol. The number of methoxy groups -OCH3 is 2. The second kappa shape index (κ2) is 12.0. The van der Waals surface area contributed by atoms with Crippen LogP contribution in [0.3, 0.4) is 0 Å². The molecule has 0 unspecified atom stereocenters. The van der Waals surface area contributed by atoms with E-state index in [-0.39, 0.29) is 29.8 Å². The Balaban J connectivity index is 0.00000432. The van der Waals surface area contributed by atoms with Gasteiger partial charge in [0, 0.05) is 29.1 Å². The van der Waals surface area contributed by atoms with E-state index in [4.69, 9.17) is 9.47 Å². The number of rotatable bonds is 11. The molecule has 0 aliphatic heterocycles. The van der Waals surface area contributed by atoms with Gasteiger partial charge in [0.25, 0.3) is 15.7 Å². The van der Waals surface area contributed by atoms with Crippen LogP contribution in [0.4, 0.5) is 10.8 Å². The van der Waals surface area contributed by atoms with Gasteiger partial charge in [-0.25, -0.2) is 17.7 Å². The van der Waals surface area contributed by atoms with Crippen molar-refractivity contribution in [3.05, 3.63) is 58.0 Å². The van der Waals surface area contributed by atoms with Crippen molar-refractivity contribution in [2.45, 2.75) is 26.2 Å². The standard InChI is InChI=1S/C22H26N4O6S2.CH4/c1-5-24(6-2)15-25(34(29,30)18-10-11-20(31-3)21(13-18)32-4)22-23-19(14-33-22)16-8-7-9-17(12-16)26(27)28;/h7-14H,5-6,15H2,1-4H3;1H4. The van der Waals surface area contributed by atoms with Gasteiger partial charge in [-0.15, -0.1) is 11.3 Å². The van der Waals surface area contributed by atoms with E-state index in [9.17, 15) is 18.5 Å². The van der Waals surface area contributed by atoms with Crippen molar-refractivity contribution in [2.24, 2.45) is 0 Å². The van der Waals surface area contributed by atoms with Crippen LogP contribution in [-0.4, -0.2) is 57.2 Å². The highest BCUT2D eigenvalue weighted by atomic mass is 32.2. The molecule has 3 rings (SSSR count). The molecule has 0 bridgehead atoms. The van der Waals surface area contributed by atoms with E-state index >= 15 is 0 Å². The molecule has 3 aromatic rings. The van der Waals surface area contributed by atoms with Gasteiger partial charge < -0.3 is 9.47 Å². The lowest BCUT2D eigenvalue weighted by atomic mass is 10.1. The summed E-state index contributed by atoms with van der Waals surface area (Å²) in [6, 6.07) is 10.5. The van der Waals surface area contributed by atoms with Crippen LogP contribution in [0.15, 0.2) is 52.7 Å². The van der Waals surface area contributed by atoms with Gasteiger partial charge in [0.05, 0.1) is 36.4 Å². The molecule has 1 aromatic heterocycles. The number of ether oxygens (including phenoxy) is 2. The fraction of sp³-hybridized carbons (Fsp3) is 0.348. The van der Waals surface area contributed by atoms with E-state index in [1.165, 1.54) is 48.9 Å². The largest absolute Gasteiger partial charge is 0.493 e. The third-order valence-electron chi connectivity index (χ3n) is 5.22. The molecule has 0 saturated carbocycles. The zero-order valence-electron chi connectivity index (χ0n) is 19.3. The summed E-state index contributed by atoms with van der Waals surface area (Å²) in [5, 5.41) is 13.1. The predicted molar refractivity (Wildman–Crippen MR) is 138 cm³/mol. The molecule has 0 aliphatic carbocycles. The zero-order chi connectivity index (χ0) is 24.9. The normalized spacial score (nSPS) is 11.1. The van der Waals surface area contributed by atoms with Crippen molar-refractivity contribution in [1.82, 2.24) is 9.88 Å². The molecule has 10 nitrogen and oxygen atoms in total. The van der Waals surface area contributed by atoms with Gasteiger partial charge in [-0.2, -0.15) is 0 Å². The van der Waals surface area contributed by atoms with Gasteiger partial charge in [0.2, 0.25) is 5.13 Å². The number of hydrogen-bond donors (Lipinski definition) is 0. The van der Waals surface area contributed by atoms with Crippen LogP contribution in [-0.2, 0) is 10.0 Å². The topological polar surface area (TPSA) is 115 Å². The van der Waals surface area contributed by atoms with Gasteiger partial charge in [-0.3, -0.25) is 15.0 Å². The van der Waals surface area contributed by atoms with Crippen LogP contribution < -0.4 is 13.8 Å². The number of benzene rings is 2. The van der Waals surface area contributed by atoms with Crippen LogP contribution in [0.1, 0.15) is 21.3 Å². The molecule has 2 aromatic carbocycles. The minimum atomic E-state index is -4.02. The van der Waals surface area contributed by atoms with E-state index in [1.807, 2.05) is 18.7 Å². The van der Waals surface area contributed by atoms with Crippen molar-refractivity contribution in [3.8, 4) is 22.8 Å². The number of sulfonamides is 1. The van der Waals surface area contributed by atoms with E-state index < -0.39 is 14.9 Å². The molecule has 0 saturated heterocycles. The van der Waals surface area contributed by atoms with Crippen molar-refractivity contribution in [2.75, 3.05) is 38.3 Å². The lowest BCUT2D eigenvalue weighted by Gasteiger charge is -2.28. The summed E-state index contributed by atoms with van der Waals surface area (Å²) < 4.78 is 39.2. The Labute approximate surface area is 209 Å². The summed E-state index contributed by atoms with van der Waals surface area (Å²) >= 11 is 1.15. The highest BCUT2D eigenvalue weighted by Crippen LogP contribution is 2.35. The first-order chi connectivity index (χ1) is 16.2. The maximum absolute atomic E-state index is 13.7. The lowest BCUT2D eigenvalue weighted by molar-refractivity contribution is -0.384. The first-order valence-electron chi connectivity index (χ1n) is 10.4. The molecule has 0 amide bonds. The number of nitro groups is 1. The summed E-state index contributed by atoms with van der Waals surface area (Å²) in [6.07, 6.45) is 0. The van der Waals surface area contributed by atoms with E-state index in [0.29, 0.717) is 35.8 Å². The number of aromatic nitrogens is 1. The molecule has 0 atom stereocenters. The molecule has 0 spiro atoms. The summed E-state index contributed by atoms with van der Waals surface area (Å²) in [6.45, 7) is 5.25. The van der Waals surface area contributed by atoms with Crippen molar-refractivity contribution < 1.29 is 22.8 Å². The number of nitrogens with zero attached hydrogens (tertiary/aromatic N) is 4. The average molecular weight is 523 g/mol. The SMILES string of the molecule is C.CCN(CC)CN(c1nc(-c2cccc([N+](=O)[O-])c2)cs1)S(=O)(=O)c1ccc(OC)c(OC)c1. The van der Waals surface area contributed by atoms with E-state index in [2.05, 4.69) is 4.98 Å². The second-order valence-corrected chi connectivity index (χ2v) is 9.84. The number of hydrogen-bond acceptors (Lipinski definition) is 9. The van der Waals surface area contributed by atoms with Gasteiger partial charge >= 0.3 is 0 Å². The van der Waals surface area contributed by atoms with Crippen LogP contribution in [0.2, 0.25) is 0 Å². The van der Waals surface area contributed by atoms with Gasteiger partial charge in [-0.05, 0) is 25.2 Å². The summed E-state index contributed by atoms with van der Waals surface area (Å²) in [4.78, 5) is 17.2. The van der Waals surface area contributed by atoms with Crippen LogP contribution in [0, 0.1) is 10.1 Å². The second-order valence-electron chi connectivity index (χ2n) is 7.14. The highest BCUT2D eigenvalue weighted by Gasteiger charge is 2.30. The fourth-order valence-electron chi connectivity index (χ4n) is 3.24. The Kier molecular flexibility index (Phi) is 9.57. The molecule has 0 radical (unpaired) electrons. The maximum atomic E-state index is 13.7. The monoisotopic (exact) mass is 522 g/mol. The zero-order valence-corrected chi connectivity index (χ0v) is 20.9. The van der Waals surface area contributed by atoms with Gasteiger partial charge in [0.1, 0.15) is 0 Å². The minimum Gasteiger partial charge on any atom is -0.493 e. The first-order valence-corrected chi connectivity index (χ1v) is 12.7. The lowest BCUT2D eigenvalue weighted by Crippen LogP contribution is -2.41. The number of non-ortho nitro benzene ring substituents is 1. The molecule has 35 heavy (non-hydrogen) atoms. The van der Waals surface area contributed by atoms with Crippen molar-refractivity contribution >= 4 is 32.2 Å². The Bertz CT molecular complexity index is 1260. The van der Waals surface area contributed by atoms with E-state index in [1.54, 1.807) is 17.5 Å². The Morgan fingerprint density at radius 1 is 1.06 bits per heavy atom.